The van der Waals surface area contributed by atoms with Crippen LogP contribution in [0.4, 0.5) is 0 Å². The van der Waals surface area contributed by atoms with Gasteiger partial charge in [0.2, 0.25) is 0 Å². The first-order valence-electron chi connectivity index (χ1n) is 7.48. The predicted molar refractivity (Wildman–Crippen MR) is 84.9 cm³/mol. The summed E-state index contributed by atoms with van der Waals surface area (Å²) < 4.78 is 11.4. The molecule has 116 valence electrons. The number of nitrogens with one attached hydrogen (secondary N) is 2. The summed E-state index contributed by atoms with van der Waals surface area (Å²) in [6.07, 6.45) is 2.23. The molecular weight excluding hydrogens is 266 g/mol. The van der Waals surface area contributed by atoms with Crippen molar-refractivity contribution < 1.29 is 9.47 Å². The Bertz CT molecular complexity index is 442. The number of hydrogen-bond acceptors (Lipinski definition) is 3. The summed E-state index contributed by atoms with van der Waals surface area (Å²) in [5, 5.41) is 6.55. The van der Waals surface area contributed by atoms with Crippen LogP contribution in [0.5, 0.6) is 5.75 Å². The van der Waals surface area contributed by atoms with Gasteiger partial charge < -0.3 is 20.1 Å². The summed E-state index contributed by atoms with van der Waals surface area (Å²) in [6, 6.07) is 9.80. The van der Waals surface area contributed by atoms with Gasteiger partial charge in [0.1, 0.15) is 12.4 Å². The molecule has 0 bridgehead atoms. The van der Waals surface area contributed by atoms with Crippen molar-refractivity contribution in [3.63, 3.8) is 0 Å². The Hall–Kier alpha value is -1.75. The molecule has 1 aromatic rings. The first-order chi connectivity index (χ1) is 10.2. The maximum atomic E-state index is 5.75. The maximum absolute atomic E-state index is 5.75. The van der Waals surface area contributed by atoms with Gasteiger partial charge in [-0.3, -0.25) is 4.99 Å². The van der Waals surface area contributed by atoms with E-state index < -0.39 is 0 Å². The minimum Gasteiger partial charge on any atom is -0.492 e. The Balaban J connectivity index is 1.64. The minimum absolute atomic E-state index is 0.0713. The van der Waals surface area contributed by atoms with E-state index in [1.54, 1.807) is 7.05 Å². The second kappa shape index (κ2) is 7.88. The van der Waals surface area contributed by atoms with E-state index in [0.717, 1.165) is 37.7 Å². The van der Waals surface area contributed by atoms with E-state index in [1.165, 1.54) is 0 Å². The number of ether oxygens (including phenoxy) is 2. The van der Waals surface area contributed by atoms with Crippen molar-refractivity contribution in [1.82, 2.24) is 10.6 Å². The van der Waals surface area contributed by atoms with Gasteiger partial charge >= 0.3 is 0 Å². The number of hydrogen-bond donors (Lipinski definition) is 2. The topological polar surface area (TPSA) is 54.9 Å². The lowest BCUT2D eigenvalue weighted by molar-refractivity contribution is 0.0243. The van der Waals surface area contributed by atoms with Crippen molar-refractivity contribution in [3.05, 3.63) is 30.3 Å². The van der Waals surface area contributed by atoms with Crippen LogP contribution in [0.1, 0.15) is 19.8 Å². The fraction of sp³-hybridized carbons (Fsp3) is 0.562. The van der Waals surface area contributed by atoms with Crippen molar-refractivity contribution in [2.24, 2.45) is 4.99 Å². The van der Waals surface area contributed by atoms with Crippen LogP contribution >= 0.6 is 0 Å². The zero-order valence-corrected chi connectivity index (χ0v) is 12.9. The highest BCUT2D eigenvalue weighted by Gasteiger charge is 2.29. The van der Waals surface area contributed by atoms with Crippen LogP contribution < -0.4 is 15.4 Å². The number of para-hydroxylation sites is 1. The monoisotopic (exact) mass is 291 g/mol. The molecule has 2 rings (SSSR count). The third kappa shape index (κ3) is 5.27. The van der Waals surface area contributed by atoms with Crippen LogP contribution in [0.2, 0.25) is 0 Å². The Morgan fingerprint density at radius 2 is 2.14 bits per heavy atom. The van der Waals surface area contributed by atoms with E-state index in [9.17, 15) is 0 Å². The minimum atomic E-state index is -0.0713. The standard InChI is InChI=1S/C16H25N3O2/c1-16(9-6-11-21-16)13-19-15(17-2)18-10-12-20-14-7-4-3-5-8-14/h3-5,7-8H,6,9-13H2,1-2H3,(H2,17,18,19). The molecule has 0 aromatic heterocycles. The Labute approximate surface area is 126 Å². The highest BCUT2D eigenvalue weighted by molar-refractivity contribution is 5.79. The zero-order valence-electron chi connectivity index (χ0n) is 12.9. The third-order valence-electron chi connectivity index (χ3n) is 3.56. The van der Waals surface area contributed by atoms with Crippen molar-refractivity contribution in [3.8, 4) is 5.75 Å². The summed E-state index contributed by atoms with van der Waals surface area (Å²) >= 11 is 0. The molecule has 0 amide bonds. The van der Waals surface area contributed by atoms with Gasteiger partial charge in [-0.05, 0) is 31.9 Å². The largest absolute Gasteiger partial charge is 0.492 e. The van der Waals surface area contributed by atoms with E-state index in [0.29, 0.717) is 13.2 Å². The molecule has 0 radical (unpaired) electrons. The van der Waals surface area contributed by atoms with Crippen molar-refractivity contribution in [2.45, 2.75) is 25.4 Å². The average Bonchev–Trinajstić information content (AvgIpc) is 2.95. The molecule has 0 spiro atoms. The third-order valence-corrected chi connectivity index (χ3v) is 3.56. The number of rotatable bonds is 6. The van der Waals surface area contributed by atoms with E-state index >= 15 is 0 Å². The van der Waals surface area contributed by atoms with Gasteiger partial charge in [-0.2, -0.15) is 0 Å². The highest BCUT2D eigenvalue weighted by atomic mass is 16.5. The predicted octanol–water partition coefficient (Wildman–Crippen LogP) is 1.80. The lowest BCUT2D eigenvalue weighted by Crippen LogP contribution is -2.46. The first kappa shape index (κ1) is 15.6. The highest BCUT2D eigenvalue weighted by Crippen LogP contribution is 2.23. The molecule has 1 aliphatic heterocycles. The fourth-order valence-electron chi connectivity index (χ4n) is 2.32. The molecule has 5 nitrogen and oxygen atoms in total. The zero-order chi connectivity index (χ0) is 15.0. The van der Waals surface area contributed by atoms with Crippen LogP contribution in [-0.2, 0) is 4.74 Å². The summed E-state index contributed by atoms with van der Waals surface area (Å²) in [5.74, 6) is 1.66. The van der Waals surface area contributed by atoms with Gasteiger partial charge in [-0.1, -0.05) is 18.2 Å². The van der Waals surface area contributed by atoms with E-state index in [4.69, 9.17) is 9.47 Å². The molecular formula is C16H25N3O2. The number of guanidine groups is 1. The number of nitrogens with zero attached hydrogens (tertiary/aromatic N) is 1. The molecule has 0 saturated carbocycles. The molecule has 5 heteroatoms. The molecule has 0 aliphatic carbocycles. The van der Waals surface area contributed by atoms with Gasteiger partial charge in [-0.15, -0.1) is 0 Å². The summed E-state index contributed by atoms with van der Waals surface area (Å²) in [5.41, 5.74) is -0.0713. The van der Waals surface area contributed by atoms with Crippen LogP contribution in [-0.4, -0.2) is 44.9 Å². The molecule has 1 saturated heterocycles. The van der Waals surface area contributed by atoms with Gasteiger partial charge in [0.25, 0.3) is 0 Å². The summed E-state index contributed by atoms with van der Waals surface area (Å²) in [4.78, 5) is 4.21. The molecule has 1 atom stereocenters. The first-order valence-corrected chi connectivity index (χ1v) is 7.48. The van der Waals surface area contributed by atoms with Crippen LogP contribution in [0, 0.1) is 0 Å². The van der Waals surface area contributed by atoms with Crippen LogP contribution in [0.3, 0.4) is 0 Å². The molecule has 1 aromatic carbocycles. The molecule has 1 aliphatic rings. The van der Waals surface area contributed by atoms with E-state index in [-0.39, 0.29) is 5.60 Å². The Morgan fingerprint density at radius 1 is 1.33 bits per heavy atom. The van der Waals surface area contributed by atoms with Gasteiger partial charge in [0, 0.05) is 20.2 Å². The molecule has 2 N–H and O–H groups in total. The van der Waals surface area contributed by atoms with E-state index in [1.807, 2.05) is 30.3 Å². The molecule has 21 heavy (non-hydrogen) atoms. The number of aliphatic imine (C=N–C) groups is 1. The van der Waals surface area contributed by atoms with Crippen molar-refractivity contribution >= 4 is 5.96 Å². The number of benzene rings is 1. The van der Waals surface area contributed by atoms with Crippen LogP contribution in [0.15, 0.2) is 35.3 Å². The summed E-state index contributed by atoms with van der Waals surface area (Å²) in [7, 11) is 1.77. The van der Waals surface area contributed by atoms with Crippen molar-refractivity contribution in [2.75, 3.05) is 33.4 Å². The lowest BCUT2D eigenvalue weighted by Gasteiger charge is -2.24. The molecule has 1 heterocycles. The van der Waals surface area contributed by atoms with Crippen LogP contribution in [0.25, 0.3) is 0 Å². The molecule has 1 unspecified atom stereocenters. The van der Waals surface area contributed by atoms with Gasteiger partial charge in [0.15, 0.2) is 5.96 Å². The Morgan fingerprint density at radius 3 is 2.81 bits per heavy atom. The fourth-order valence-corrected chi connectivity index (χ4v) is 2.32. The lowest BCUT2D eigenvalue weighted by atomic mass is 10.0. The second-order valence-corrected chi connectivity index (χ2v) is 5.42. The van der Waals surface area contributed by atoms with E-state index in [2.05, 4.69) is 22.5 Å². The van der Waals surface area contributed by atoms with Gasteiger partial charge in [0.05, 0.1) is 12.1 Å². The second-order valence-electron chi connectivity index (χ2n) is 5.42. The van der Waals surface area contributed by atoms with Gasteiger partial charge in [-0.25, -0.2) is 0 Å². The molecule has 1 fully saturated rings. The average molecular weight is 291 g/mol. The SMILES string of the molecule is CN=C(NCCOc1ccccc1)NCC1(C)CCCO1. The Kier molecular flexibility index (Phi) is 5.87. The smallest absolute Gasteiger partial charge is 0.191 e. The summed E-state index contributed by atoms with van der Waals surface area (Å²) in [6.45, 7) is 5.06. The quantitative estimate of drug-likeness (QED) is 0.477. The normalized spacial score (nSPS) is 22.1. The maximum Gasteiger partial charge on any atom is 0.191 e. The van der Waals surface area contributed by atoms with Crippen molar-refractivity contribution in [1.29, 1.82) is 0 Å².